The standard InChI is InChI=1S/C18H20BrN3O3S/c1-18(2)11-22(14-8-9-15(19)21-16(14)18)17(23)20-10-12-4-6-13(7-5-12)26(3,24)25/h4-9H,10-11H2,1-3H3,(H,20,23). The summed E-state index contributed by atoms with van der Waals surface area (Å²) in [5.74, 6) is 0. The molecule has 8 heteroatoms. The zero-order valence-electron chi connectivity index (χ0n) is 14.8. The van der Waals surface area contributed by atoms with E-state index in [2.05, 4.69) is 40.1 Å². The van der Waals surface area contributed by atoms with Crippen LogP contribution in [0.1, 0.15) is 25.1 Å². The molecule has 6 nitrogen and oxygen atoms in total. The van der Waals surface area contributed by atoms with Gasteiger partial charge in [0.2, 0.25) is 0 Å². The first-order valence-corrected chi connectivity index (χ1v) is 10.8. The summed E-state index contributed by atoms with van der Waals surface area (Å²) in [5, 5.41) is 2.89. The summed E-state index contributed by atoms with van der Waals surface area (Å²) in [4.78, 5) is 19.1. The first kappa shape index (κ1) is 18.8. The molecule has 0 radical (unpaired) electrons. The van der Waals surface area contributed by atoms with Gasteiger partial charge < -0.3 is 5.32 Å². The van der Waals surface area contributed by atoms with Crippen molar-refractivity contribution >= 4 is 37.5 Å². The Morgan fingerprint density at radius 1 is 1.23 bits per heavy atom. The summed E-state index contributed by atoms with van der Waals surface area (Å²) in [6, 6.07) is 10.0. The maximum absolute atomic E-state index is 12.7. The fourth-order valence-corrected chi connectivity index (χ4v) is 3.95. The minimum Gasteiger partial charge on any atom is -0.334 e. The van der Waals surface area contributed by atoms with Crippen LogP contribution in [0, 0.1) is 0 Å². The molecule has 26 heavy (non-hydrogen) atoms. The number of hydrogen-bond donors (Lipinski definition) is 1. The lowest BCUT2D eigenvalue weighted by Gasteiger charge is -2.20. The number of nitrogens with one attached hydrogen (secondary N) is 1. The van der Waals surface area contributed by atoms with Crippen molar-refractivity contribution in [2.45, 2.75) is 30.7 Å². The third kappa shape index (κ3) is 3.76. The highest BCUT2D eigenvalue weighted by Gasteiger charge is 2.39. The number of sulfone groups is 1. The number of pyridine rings is 1. The molecule has 1 aromatic carbocycles. The summed E-state index contributed by atoms with van der Waals surface area (Å²) >= 11 is 3.38. The molecular weight excluding hydrogens is 418 g/mol. The second-order valence-corrected chi connectivity index (χ2v) is 9.87. The molecule has 0 atom stereocenters. The molecule has 0 aliphatic carbocycles. The van der Waals surface area contributed by atoms with E-state index in [1.54, 1.807) is 29.2 Å². The third-order valence-electron chi connectivity index (χ3n) is 4.37. The summed E-state index contributed by atoms with van der Waals surface area (Å²) in [5.41, 5.74) is 2.30. The molecule has 2 heterocycles. The topological polar surface area (TPSA) is 79.4 Å². The predicted molar refractivity (Wildman–Crippen MR) is 104 cm³/mol. The van der Waals surface area contributed by atoms with Crippen molar-refractivity contribution in [2.75, 3.05) is 17.7 Å². The van der Waals surface area contributed by atoms with E-state index in [1.807, 2.05) is 12.1 Å². The summed E-state index contributed by atoms with van der Waals surface area (Å²) in [6.07, 6.45) is 1.17. The SMILES string of the molecule is CC1(C)CN(C(=O)NCc2ccc(S(C)(=O)=O)cc2)c2ccc(Br)nc21. The van der Waals surface area contributed by atoms with E-state index in [0.717, 1.165) is 21.5 Å². The average Bonchev–Trinajstić information content (AvgIpc) is 2.83. The molecule has 2 aromatic rings. The number of halogens is 1. The number of amides is 2. The number of urea groups is 1. The van der Waals surface area contributed by atoms with E-state index in [4.69, 9.17) is 0 Å². The highest BCUT2D eigenvalue weighted by molar-refractivity contribution is 9.10. The fraction of sp³-hybridized carbons (Fsp3) is 0.333. The molecular formula is C18H20BrN3O3S. The van der Waals surface area contributed by atoms with Gasteiger partial charge in [-0.2, -0.15) is 0 Å². The number of nitrogens with zero attached hydrogens (tertiary/aromatic N) is 2. The van der Waals surface area contributed by atoms with Crippen molar-refractivity contribution in [2.24, 2.45) is 0 Å². The van der Waals surface area contributed by atoms with Gasteiger partial charge in [-0.25, -0.2) is 18.2 Å². The van der Waals surface area contributed by atoms with Gasteiger partial charge in [-0.15, -0.1) is 0 Å². The van der Waals surface area contributed by atoms with Crippen LogP contribution in [0.3, 0.4) is 0 Å². The number of aromatic nitrogens is 1. The maximum atomic E-state index is 12.7. The Kier molecular flexibility index (Phi) is 4.83. The molecule has 1 aliphatic heterocycles. The predicted octanol–water partition coefficient (Wildman–Crippen LogP) is 3.26. The van der Waals surface area contributed by atoms with Crippen molar-refractivity contribution in [1.29, 1.82) is 0 Å². The van der Waals surface area contributed by atoms with Gasteiger partial charge in [-0.1, -0.05) is 26.0 Å². The van der Waals surface area contributed by atoms with Crippen molar-refractivity contribution in [3.8, 4) is 0 Å². The van der Waals surface area contributed by atoms with Crippen LogP contribution in [0.4, 0.5) is 10.5 Å². The molecule has 1 N–H and O–H groups in total. The van der Waals surface area contributed by atoms with Crippen LogP contribution in [0.5, 0.6) is 0 Å². The Balaban J connectivity index is 1.72. The van der Waals surface area contributed by atoms with E-state index >= 15 is 0 Å². The monoisotopic (exact) mass is 437 g/mol. The zero-order valence-corrected chi connectivity index (χ0v) is 17.2. The maximum Gasteiger partial charge on any atom is 0.322 e. The molecule has 1 aromatic heterocycles. The van der Waals surface area contributed by atoms with E-state index < -0.39 is 9.84 Å². The molecule has 1 aliphatic rings. The first-order chi connectivity index (χ1) is 12.1. The molecule has 138 valence electrons. The van der Waals surface area contributed by atoms with Gasteiger partial charge in [0.15, 0.2) is 9.84 Å². The molecule has 0 unspecified atom stereocenters. The van der Waals surface area contributed by atoms with Gasteiger partial charge in [-0.3, -0.25) is 4.90 Å². The van der Waals surface area contributed by atoms with Gasteiger partial charge in [0, 0.05) is 24.8 Å². The van der Waals surface area contributed by atoms with E-state index in [0.29, 0.717) is 13.1 Å². The van der Waals surface area contributed by atoms with Gasteiger partial charge in [-0.05, 0) is 45.8 Å². The average molecular weight is 438 g/mol. The van der Waals surface area contributed by atoms with Crippen LogP contribution < -0.4 is 10.2 Å². The van der Waals surface area contributed by atoms with Crippen molar-refractivity contribution in [1.82, 2.24) is 10.3 Å². The Hall–Kier alpha value is -1.93. The Bertz CT molecular complexity index is 956. The molecule has 0 saturated carbocycles. The lowest BCUT2D eigenvalue weighted by Crippen LogP contribution is -2.41. The lowest BCUT2D eigenvalue weighted by molar-refractivity contribution is 0.245. The molecule has 3 rings (SSSR count). The first-order valence-electron chi connectivity index (χ1n) is 8.09. The molecule has 0 fully saturated rings. The molecule has 0 spiro atoms. The largest absolute Gasteiger partial charge is 0.334 e. The molecule has 0 saturated heterocycles. The number of rotatable bonds is 3. The second kappa shape index (κ2) is 6.66. The highest BCUT2D eigenvalue weighted by Crippen LogP contribution is 2.39. The molecule has 0 bridgehead atoms. The number of carbonyl (C=O) groups is 1. The third-order valence-corrected chi connectivity index (χ3v) is 5.94. The van der Waals surface area contributed by atoms with E-state index in [1.165, 1.54) is 6.26 Å². The number of hydrogen-bond acceptors (Lipinski definition) is 4. The second-order valence-electron chi connectivity index (χ2n) is 7.05. The Labute approximate surface area is 161 Å². The highest BCUT2D eigenvalue weighted by atomic mass is 79.9. The fourth-order valence-electron chi connectivity index (χ4n) is 3.01. The Morgan fingerprint density at radius 3 is 2.50 bits per heavy atom. The van der Waals surface area contributed by atoms with Crippen molar-refractivity contribution in [3.05, 3.63) is 52.3 Å². The summed E-state index contributed by atoms with van der Waals surface area (Å²) in [7, 11) is -3.22. The number of fused-ring (bicyclic) bond motifs is 1. The van der Waals surface area contributed by atoms with Gasteiger partial charge >= 0.3 is 6.03 Å². The van der Waals surface area contributed by atoms with Crippen LogP contribution in [-0.2, 0) is 21.8 Å². The van der Waals surface area contributed by atoms with Crippen LogP contribution >= 0.6 is 15.9 Å². The van der Waals surface area contributed by atoms with E-state index in [-0.39, 0.29) is 16.3 Å². The van der Waals surface area contributed by atoms with E-state index in [9.17, 15) is 13.2 Å². The van der Waals surface area contributed by atoms with Crippen LogP contribution in [0.2, 0.25) is 0 Å². The summed E-state index contributed by atoms with van der Waals surface area (Å²) in [6.45, 7) is 4.98. The minimum atomic E-state index is -3.22. The number of carbonyl (C=O) groups excluding carboxylic acids is 1. The lowest BCUT2D eigenvalue weighted by atomic mass is 9.91. The van der Waals surface area contributed by atoms with Crippen molar-refractivity contribution in [3.63, 3.8) is 0 Å². The van der Waals surface area contributed by atoms with Crippen LogP contribution in [0.15, 0.2) is 45.9 Å². The smallest absolute Gasteiger partial charge is 0.322 e. The minimum absolute atomic E-state index is 0.201. The number of benzene rings is 1. The van der Waals surface area contributed by atoms with Crippen LogP contribution in [0.25, 0.3) is 0 Å². The van der Waals surface area contributed by atoms with Gasteiger partial charge in [0.25, 0.3) is 0 Å². The quantitative estimate of drug-likeness (QED) is 0.747. The zero-order chi connectivity index (χ0) is 19.1. The van der Waals surface area contributed by atoms with Gasteiger partial charge in [0.05, 0.1) is 16.3 Å². The van der Waals surface area contributed by atoms with Crippen molar-refractivity contribution < 1.29 is 13.2 Å². The normalized spacial score (nSPS) is 15.6. The van der Waals surface area contributed by atoms with Gasteiger partial charge in [0.1, 0.15) is 4.60 Å². The number of anilines is 1. The Morgan fingerprint density at radius 2 is 1.88 bits per heavy atom. The van der Waals surface area contributed by atoms with Crippen LogP contribution in [-0.4, -0.2) is 32.2 Å². The molecule has 2 amide bonds. The summed E-state index contributed by atoms with van der Waals surface area (Å²) < 4.78 is 23.7.